The van der Waals surface area contributed by atoms with Crippen LogP contribution in [-0.2, 0) is 0 Å². The third kappa shape index (κ3) is 0.997. The maximum atomic E-state index is 5.76. The van der Waals surface area contributed by atoms with E-state index in [0.29, 0.717) is 23.1 Å². The van der Waals surface area contributed by atoms with Crippen LogP contribution in [-0.4, -0.2) is 24.6 Å². The molecule has 0 radical (unpaired) electrons. The second-order valence-electron chi connectivity index (χ2n) is 3.11. The number of hydrogen-bond donors (Lipinski definition) is 2. The molecule has 0 spiro atoms. The Morgan fingerprint density at radius 3 is 2.87 bits per heavy atom. The molecule has 0 aliphatic heterocycles. The van der Waals surface area contributed by atoms with Gasteiger partial charge in [0.1, 0.15) is 18.0 Å². The molecule has 7 nitrogen and oxygen atoms in total. The monoisotopic (exact) mass is 201 g/mol. The molecule has 4 N–H and O–H groups in total. The van der Waals surface area contributed by atoms with Gasteiger partial charge in [0.15, 0.2) is 5.65 Å². The van der Waals surface area contributed by atoms with Crippen molar-refractivity contribution in [2.24, 2.45) is 0 Å². The largest absolute Gasteiger partial charge is 0.384 e. The first kappa shape index (κ1) is 7.92. The maximum Gasteiger partial charge on any atom is 0.258 e. The molecule has 0 aliphatic carbocycles. The van der Waals surface area contributed by atoms with Crippen molar-refractivity contribution >= 4 is 28.4 Å². The zero-order valence-corrected chi connectivity index (χ0v) is 7.62. The molecule has 7 heteroatoms. The summed E-state index contributed by atoms with van der Waals surface area (Å²) >= 11 is 0. The lowest BCUT2D eigenvalue weighted by atomic mass is 10.3. The maximum absolute atomic E-state index is 5.76. The van der Waals surface area contributed by atoms with Crippen molar-refractivity contribution < 1.29 is 0 Å². The molecular weight excluding hydrogens is 194 g/mol. The number of pyridine rings is 1. The SMILES string of the molecule is Nc1ccc2c(N)nc3nncn3c2n1. The van der Waals surface area contributed by atoms with Gasteiger partial charge in [-0.3, -0.25) is 0 Å². The first-order valence-electron chi connectivity index (χ1n) is 4.27. The Morgan fingerprint density at radius 1 is 1.13 bits per heavy atom. The number of hydrogen-bond acceptors (Lipinski definition) is 6. The van der Waals surface area contributed by atoms with Gasteiger partial charge in [0.25, 0.3) is 5.78 Å². The predicted octanol–water partition coefficient (Wildman–Crippen LogP) is -0.163. The molecule has 0 atom stereocenters. The molecule has 0 saturated heterocycles. The van der Waals surface area contributed by atoms with Crippen LogP contribution in [0.2, 0.25) is 0 Å². The molecule has 15 heavy (non-hydrogen) atoms. The van der Waals surface area contributed by atoms with E-state index in [1.54, 1.807) is 16.5 Å². The van der Waals surface area contributed by atoms with Crippen LogP contribution in [0.25, 0.3) is 16.8 Å². The molecule has 3 heterocycles. The predicted molar refractivity (Wildman–Crippen MR) is 54.9 cm³/mol. The van der Waals surface area contributed by atoms with E-state index in [9.17, 15) is 0 Å². The van der Waals surface area contributed by atoms with Gasteiger partial charge in [-0.1, -0.05) is 0 Å². The molecule has 3 aromatic rings. The second kappa shape index (κ2) is 2.53. The van der Waals surface area contributed by atoms with Gasteiger partial charge in [0, 0.05) is 0 Å². The Hall–Kier alpha value is -2.44. The van der Waals surface area contributed by atoms with E-state index in [-0.39, 0.29) is 0 Å². The van der Waals surface area contributed by atoms with E-state index < -0.39 is 0 Å². The Labute approximate surface area is 83.8 Å². The third-order valence-corrected chi connectivity index (χ3v) is 2.15. The molecule has 3 aromatic heterocycles. The lowest BCUT2D eigenvalue weighted by molar-refractivity contribution is 1.10. The van der Waals surface area contributed by atoms with Crippen molar-refractivity contribution in [1.29, 1.82) is 0 Å². The first-order valence-corrected chi connectivity index (χ1v) is 4.27. The van der Waals surface area contributed by atoms with Crippen molar-refractivity contribution in [2.45, 2.75) is 0 Å². The van der Waals surface area contributed by atoms with Gasteiger partial charge in [0.2, 0.25) is 0 Å². The molecule has 0 saturated carbocycles. The van der Waals surface area contributed by atoms with Gasteiger partial charge in [-0.05, 0) is 12.1 Å². The Bertz CT molecular complexity index is 656. The van der Waals surface area contributed by atoms with Crippen LogP contribution in [0.5, 0.6) is 0 Å². The summed E-state index contributed by atoms with van der Waals surface area (Å²) in [5.74, 6) is 1.21. The molecule has 3 rings (SSSR count). The fourth-order valence-corrected chi connectivity index (χ4v) is 1.47. The van der Waals surface area contributed by atoms with Gasteiger partial charge < -0.3 is 11.5 Å². The smallest absolute Gasteiger partial charge is 0.258 e. The number of anilines is 2. The van der Waals surface area contributed by atoms with Gasteiger partial charge >= 0.3 is 0 Å². The zero-order valence-electron chi connectivity index (χ0n) is 7.62. The molecule has 74 valence electrons. The minimum atomic E-state index is 0.373. The minimum absolute atomic E-state index is 0.373. The highest BCUT2D eigenvalue weighted by Crippen LogP contribution is 2.19. The fraction of sp³-hybridized carbons (Fsp3) is 0. The Kier molecular flexibility index (Phi) is 1.34. The Balaban J connectivity index is 2.63. The number of fused-ring (bicyclic) bond motifs is 3. The number of aromatic nitrogens is 5. The minimum Gasteiger partial charge on any atom is -0.384 e. The topological polar surface area (TPSA) is 108 Å². The second-order valence-corrected chi connectivity index (χ2v) is 3.11. The number of nitrogens with two attached hydrogens (primary N) is 2. The standard InChI is InChI=1S/C8H7N7/c9-5-2-1-4-6(10)13-8-14-11-3-15(8)7(4)12-5/h1-3H,(H2,9,12)(H2,10,13,14). The van der Waals surface area contributed by atoms with Crippen LogP contribution in [0.4, 0.5) is 11.6 Å². The molecule has 0 aliphatic rings. The summed E-state index contributed by atoms with van der Waals surface area (Å²) in [4.78, 5) is 8.26. The average Bonchev–Trinajstić information content (AvgIpc) is 2.65. The summed E-state index contributed by atoms with van der Waals surface area (Å²) in [6, 6.07) is 3.45. The van der Waals surface area contributed by atoms with Gasteiger partial charge in [-0.15, -0.1) is 10.2 Å². The summed E-state index contributed by atoms with van der Waals surface area (Å²) in [6.07, 6.45) is 1.52. The van der Waals surface area contributed by atoms with Crippen LogP contribution >= 0.6 is 0 Å². The van der Waals surface area contributed by atoms with Crippen LogP contribution in [0.1, 0.15) is 0 Å². The summed E-state index contributed by atoms with van der Waals surface area (Å²) < 4.78 is 1.64. The lowest BCUT2D eigenvalue weighted by Gasteiger charge is -2.03. The van der Waals surface area contributed by atoms with Crippen molar-refractivity contribution in [2.75, 3.05) is 11.5 Å². The lowest BCUT2D eigenvalue weighted by Crippen LogP contribution is -2.01. The van der Waals surface area contributed by atoms with E-state index in [2.05, 4.69) is 20.2 Å². The van der Waals surface area contributed by atoms with Crippen LogP contribution in [0.3, 0.4) is 0 Å². The van der Waals surface area contributed by atoms with E-state index in [1.165, 1.54) is 6.33 Å². The number of nitrogens with zero attached hydrogens (tertiary/aromatic N) is 5. The Morgan fingerprint density at radius 2 is 2.00 bits per heavy atom. The molecular formula is C8H7N7. The zero-order chi connectivity index (χ0) is 10.4. The van der Waals surface area contributed by atoms with Crippen LogP contribution in [0.15, 0.2) is 18.5 Å². The van der Waals surface area contributed by atoms with Crippen molar-refractivity contribution in [3.63, 3.8) is 0 Å². The highest BCUT2D eigenvalue weighted by molar-refractivity contribution is 5.88. The van der Waals surface area contributed by atoms with Crippen molar-refractivity contribution in [1.82, 2.24) is 24.6 Å². The van der Waals surface area contributed by atoms with Gasteiger partial charge in [-0.2, -0.15) is 4.98 Å². The number of rotatable bonds is 0. The summed E-state index contributed by atoms with van der Waals surface area (Å²) in [7, 11) is 0. The first-order chi connectivity index (χ1) is 7.25. The van der Waals surface area contributed by atoms with E-state index in [1.807, 2.05) is 0 Å². The van der Waals surface area contributed by atoms with E-state index >= 15 is 0 Å². The summed E-state index contributed by atoms with van der Waals surface area (Å²) in [6.45, 7) is 0. The quantitative estimate of drug-likeness (QED) is 0.523. The number of nitrogen functional groups attached to an aromatic ring is 2. The normalized spacial score (nSPS) is 11.2. The third-order valence-electron chi connectivity index (χ3n) is 2.15. The fourth-order valence-electron chi connectivity index (χ4n) is 1.47. The average molecular weight is 201 g/mol. The van der Waals surface area contributed by atoms with Gasteiger partial charge in [-0.25, -0.2) is 9.38 Å². The highest BCUT2D eigenvalue weighted by atomic mass is 15.3. The van der Waals surface area contributed by atoms with Crippen molar-refractivity contribution in [3.8, 4) is 0 Å². The van der Waals surface area contributed by atoms with E-state index in [4.69, 9.17) is 11.5 Å². The molecule has 0 unspecified atom stereocenters. The molecule has 0 aromatic carbocycles. The van der Waals surface area contributed by atoms with Crippen molar-refractivity contribution in [3.05, 3.63) is 18.5 Å². The molecule has 0 bridgehead atoms. The van der Waals surface area contributed by atoms with Crippen LogP contribution < -0.4 is 11.5 Å². The van der Waals surface area contributed by atoms with Crippen LogP contribution in [0, 0.1) is 0 Å². The highest BCUT2D eigenvalue weighted by Gasteiger charge is 2.08. The van der Waals surface area contributed by atoms with E-state index in [0.717, 1.165) is 5.39 Å². The summed E-state index contributed by atoms with van der Waals surface area (Å²) in [5.41, 5.74) is 12.0. The molecule has 0 fully saturated rings. The summed E-state index contributed by atoms with van der Waals surface area (Å²) in [5, 5.41) is 8.27. The molecule has 0 amide bonds. The van der Waals surface area contributed by atoms with Gasteiger partial charge in [0.05, 0.1) is 5.39 Å².